The van der Waals surface area contributed by atoms with Crippen LogP contribution in [0.3, 0.4) is 0 Å². The Hall–Kier alpha value is -3.05. The van der Waals surface area contributed by atoms with Crippen LogP contribution in [-0.2, 0) is 33.4 Å². The molecule has 0 spiro atoms. The lowest BCUT2D eigenvalue weighted by Crippen LogP contribution is -2.29. The summed E-state index contributed by atoms with van der Waals surface area (Å²) in [4.78, 5) is 29.5. The van der Waals surface area contributed by atoms with Crippen LogP contribution in [0.4, 0.5) is 32.2 Å². The Labute approximate surface area is 300 Å². The second-order valence-corrected chi connectivity index (χ2v) is 15.6. The van der Waals surface area contributed by atoms with E-state index < -0.39 is 59.6 Å². The van der Waals surface area contributed by atoms with Crippen LogP contribution in [0.5, 0.6) is 0 Å². The number of thioether (sulfide) groups is 2. The summed E-state index contributed by atoms with van der Waals surface area (Å²) < 4.78 is 84.5. The van der Waals surface area contributed by atoms with E-state index in [9.17, 15) is 46.1 Å². The summed E-state index contributed by atoms with van der Waals surface area (Å²) in [5.41, 5.74) is -1.07. The summed E-state index contributed by atoms with van der Waals surface area (Å²) in [7, 11) is 0. The number of hydrogen-bond acceptors (Lipinski definition) is 8. The molecule has 0 radical (unpaired) electrons. The second kappa shape index (κ2) is 17.6. The highest BCUT2D eigenvalue weighted by Crippen LogP contribution is 2.35. The standard InChI is InChI=1S/C35H41F6N3O5S2/c1-33(2,18-30(47)42-29-12-15-44(32(48)43-29)31-17-27(46)28(19-45)49-31)14-11-26(51-21-23-5-9-25(10-6-23)35(39,40)41)13-16-50-20-22-3-7-24(8-4-22)34(36,37)38/h3-10,12,15,26-28,31,45-46H,11,13-14,16-21H2,1-2H3,(H,42,43,47,48)/t26?,27-,28-,31-/m1/s1. The first-order valence-electron chi connectivity index (χ1n) is 16.3. The number of nitrogens with zero attached hydrogens (tertiary/aromatic N) is 2. The maximum Gasteiger partial charge on any atom is 0.416 e. The number of alkyl halides is 6. The minimum absolute atomic E-state index is 0.0596. The van der Waals surface area contributed by atoms with Gasteiger partial charge < -0.3 is 20.3 Å². The highest BCUT2D eigenvalue weighted by Gasteiger charge is 2.35. The highest BCUT2D eigenvalue weighted by molar-refractivity contribution is 7.99. The van der Waals surface area contributed by atoms with Crippen LogP contribution in [-0.4, -0.2) is 55.5 Å². The Balaban J connectivity index is 1.31. The Morgan fingerprint density at radius 3 is 2.08 bits per heavy atom. The van der Waals surface area contributed by atoms with Crippen LogP contribution >= 0.6 is 23.5 Å². The lowest BCUT2D eigenvalue weighted by Gasteiger charge is -2.27. The quantitative estimate of drug-likeness (QED) is 0.101. The van der Waals surface area contributed by atoms with Gasteiger partial charge in [-0.2, -0.15) is 54.9 Å². The molecule has 51 heavy (non-hydrogen) atoms. The second-order valence-electron chi connectivity index (χ2n) is 13.2. The SMILES string of the molecule is CC(C)(CCC(CCSCc1ccc(C(F)(F)F)cc1)SCc1ccc(C(F)(F)F)cc1)CC(=O)Nc1ccn([C@H]2C[C@@H](O)[C@@H](CO)O2)c(=O)n1. The van der Waals surface area contributed by atoms with Gasteiger partial charge >= 0.3 is 18.0 Å². The number of nitrogens with one attached hydrogen (secondary N) is 1. The van der Waals surface area contributed by atoms with Crippen LogP contribution in [0, 0.1) is 5.41 Å². The number of hydrogen-bond donors (Lipinski definition) is 3. The number of amides is 1. The number of aromatic nitrogens is 2. The van der Waals surface area contributed by atoms with Crippen molar-refractivity contribution in [3.05, 3.63) is 93.5 Å². The van der Waals surface area contributed by atoms with Crippen molar-refractivity contribution < 1.29 is 46.1 Å². The minimum Gasteiger partial charge on any atom is -0.394 e. The molecule has 1 fully saturated rings. The van der Waals surface area contributed by atoms with Gasteiger partial charge in [-0.1, -0.05) is 38.1 Å². The van der Waals surface area contributed by atoms with Crippen LogP contribution in [0.2, 0.25) is 0 Å². The van der Waals surface area contributed by atoms with Crippen LogP contribution in [0.15, 0.2) is 65.6 Å². The summed E-state index contributed by atoms with van der Waals surface area (Å²) in [6, 6.07) is 11.5. The van der Waals surface area contributed by atoms with E-state index in [-0.39, 0.29) is 29.8 Å². The van der Waals surface area contributed by atoms with Gasteiger partial charge in [0.25, 0.3) is 0 Å². The van der Waals surface area contributed by atoms with Gasteiger partial charge in [-0.05, 0) is 71.9 Å². The van der Waals surface area contributed by atoms with E-state index >= 15 is 0 Å². The fourth-order valence-electron chi connectivity index (χ4n) is 5.52. The van der Waals surface area contributed by atoms with Gasteiger partial charge in [-0.3, -0.25) is 9.36 Å². The fourth-order valence-corrected chi connectivity index (χ4v) is 7.89. The molecule has 0 saturated carbocycles. The van der Waals surface area contributed by atoms with E-state index in [2.05, 4.69) is 10.3 Å². The molecule has 1 amide bonds. The first-order valence-corrected chi connectivity index (χ1v) is 18.5. The predicted octanol–water partition coefficient (Wildman–Crippen LogP) is 7.68. The van der Waals surface area contributed by atoms with Crippen molar-refractivity contribution >= 4 is 35.2 Å². The Morgan fingerprint density at radius 1 is 0.961 bits per heavy atom. The molecule has 1 aliphatic heterocycles. The summed E-state index contributed by atoms with van der Waals surface area (Å²) >= 11 is 3.19. The molecule has 4 rings (SSSR count). The predicted molar refractivity (Wildman–Crippen MR) is 185 cm³/mol. The Bertz CT molecular complexity index is 1640. The van der Waals surface area contributed by atoms with Gasteiger partial charge in [0.15, 0.2) is 0 Å². The summed E-state index contributed by atoms with van der Waals surface area (Å²) in [5, 5.41) is 22.0. The molecule has 0 aliphatic carbocycles. The molecule has 8 nitrogen and oxygen atoms in total. The monoisotopic (exact) mass is 761 g/mol. The van der Waals surface area contributed by atoms with Gasteiger partial charge in [0, 0.05) is 35.8 Å². The number of carbonyl (C=O) groups excluding carboxylic acids is 1. The van der Waals surface area contributed by atoms with Gasteiger partial charge in [-0.25, -0.2) is 4.79 Å². The van der Waals surface area contributed by atoms with Gasteiger partial charge in [0.1, 0.15) is 18.1 Å². The maximum absolute atomic E-state index is 13.0. The molecule has 1 aromatic heterocycles. The lowest BCUT2D eigenvalue weighted by atomic mass is 9.83. The molecule has 2 aromatic carbocycles. The number of benzene rings is 2. The van der Waals surface area contributed by atoms with Crippen molar-refractivity contribution in [3.63, 3.8) is 0 Å². The van der Waals surface area contributed by atoms with Crippen LogP contribution < -0.4 is 11.0 Å². The lowest BCUT2D eigenvalue weighted by molar-refractivity contribution is -0.138. The summed E-state index contributed by atoms with van der Waals surface area (Å²) in [6.07, 6.45) is -7.66. The molecule has 2 heterocycles. The zero-order valence-electron chi connectivity index (χ0n) is 28.0. The normalized spacial score (nSPS) is 18.9. The van der Waals surface area contributed by atoms with E-state index in [1.165, 1.54) is 41.1 Å². The number of anilines is 1. The first-order chi connectivity index (χ1) is 23.9. The zero-order chi connectivity index (χ0) is 37.4. The van der Waals surface area contributed by atoms with E-state index in [4.69, 9.17) is 4.74 Å². The first kappa shape index (κ1) is 40.7. The van der Waals surface area contributed by atoms with Gasteiger partial charge in [0.05, 0.1) is 23.8 Å². The maximum atomic E-state index is 13.0. The molecule has 3 N–H and O–H groups in total. The molecule has 4 atom stereocenters. The Kier molecular flexibility index (Phi) is 14.1. The number of ether oxygens (including phenoxy) is 1. The van der Waals surface area contributed by atoms with Crippen LogP contribution in [0.25, 0.3) is 0 Å². The third kappa shape index (κ3) is 12.5. The molecule has 3 aromatic rings. The number of halogens is 6. The summed E-state index contributed by atoms with van der Waals surface area (Å²) in [5.74, 6) is 1.42. The van der Waals surface area contributed by atoms with Crippen molar-refractivity contribution in [1.82, 2.24) is 9.55 Å². The largest absolute Gasteiger partial charge is 0.416 e. The Morgan fingerprint density at radius 2 is 1.55 bits per heavy atom. The molecule has 280 valence electrons. The van der Waals surface area contributed by atoms with Crippen molar-refractivity contribution in [2.24, 2.45) is 5.41 Å². The highest BCUT2D eigenvalue weighted by atomic mass is 32.2. The van der Waals surface area contributed by atoms with Crippen molar-refractivity contribution in [2.45, 2.75) is 93.5 Å². The van der Waals surface area contributed by atoms with Gasteiger partial charge in [-0.15, -0.1) is 0 Å². The molecular formula is C35H41F6N3O5S2. The van der Waals surface area contributed by atoms with Crippen LogP contribution in [0.1, 0.15) is 74.4 Å². The zero-order valence-corrected chi connectivity index (χ0v) is 29.7. The van der Waals surface area contributed by atoms with Crippen molar-refractivity contribution in [3.8, 4) is 0 Å². The van der Waals surface area contributed by atoms with Crippen molar-refractivity contribution in [1.29, 1.82) is 0 Å². The molecule has 16 heteroatoms. The third-order valence-corrected chi connectivity index (χ3v) is 11.0. The molecular weight excluding hydrogens is 721 g/mol. The number of aliphatic hydroxyl groups excluding tert-OH is 2. The van der Waals surface area contributed by atoms with E-state index in [0.717, 1.165) is 41.8 Å². The molecule has 1 saturated heterocycles. The van der Waals surface area contributed by atoms with E-state index in [1.54, 1.807) is 23.5 Å². The van der Waals surface area contributed by atoms with Gasteiger partial charge in [0.2, 0.25) is 5.91 Å². The fraction of sp³-hybridized carbons (Fsp3) is 0.514. The molecule has 1 aliphatic rings. The summed E-state index contributed by atoms with van der Waals surface area (Å²) in [6.45, 7) is 3.48. The van der Waals surface area contributed by atoms with Crippen molar-refractivity contribution in [2.75, 3.05) is 17.7 Å². The number of rotatable bonds is 16. The molecule has 0 bridgehead atoms. The molecule has 1 unspecified atom stereocenters. The smallest absolute Gasteiger partial charge is 0.394 e. The minimum atomic E-state index is -4.42. The number of carbonyl (C=O) groups is 1. The average Bonchev–Trinajstić information content (AvgIpc) is 3.43. The van der Waals surface area contributed by atoms with E-state index in [1.807, 2.05) is 13.8 Å². The average molecular weight is 762 g/mol. The number of aliphatic hydroxyl groups is 2. The van der Waals surface area contributed by atoms with E-state index in [0.29, 0.717) is 30.1 Å². The topological polar surface area (TPSA) is 114 Å². The third-order valence-electron chi connectivity index (χ3n) is 8.48.